The first-order valence-corrected chi connectivity index (χ1v) is 5.57. The average Bonchev–Trinajstić information content (AvgIpc) is 2.30. The number of anilines is 1. The zero-order chi connectivity index (χ0) is 13.7. The summed E-state index contributed by atoms with van der Waals surface area (Å²) in [6.07, 6.45) is 0.216. The average molecular weight is 275 g/mol. The summed E-state index contributed by atoms with van der Waals surface area (Å²) in [4.78, 5) is 22.2. The molecule has 2 amide bonds. The molecule has 0 heterocycles. The maximum Gasteiger partial charge on any atom is 0.326 e. The highest BCUT2D eigenvalue weighted by molar-refractivity contribution is 6.33. The van der Waals surface area contributed by atoms with Crippen molar-refractivity contribution in [2.45, 2.75) is 19.4 Å². The molecule has 1 aromatic rings. The van der Waals surface area contributed by atoms with Gasteiger partial charge in [-0.1, -0.05) is 24.6 Å². The number of hydrogen-bond acceptors (Lipinski definition) is 2. The Hall–Kier alpha value is -1.82. The molecule has 0 saturated carbocycles. The van der Waals surface area contributed by atoms with E-state index >= 15 is 0 Å². The fourth-order valence-corrected chi connectivity index (χ4v) is 1.47. The van der Waals surface area contributed by atoms with E-state index in [1.165, 1.54) is 12.1 Å². The van der Waals surface area contributed by atoms with E-state index in [1.807, 2.05) is 0 Å². The third-order valence-electron chi connectivity index (χ3n) is 2.21. The van der Waals surface area contributed by atoms with Gasteiger partial charge in [-0.25, -0.2) is 14.0 Å². The molecule has 0 aliphatic carbocycles. The van der Waals surface area contributed by atoms with Gasteiger partial charge in [0.2, 0.25) is 0 Å². The minimum absolute atomic E-state index is 0.0357. The van der Waals surface area contributed by atoms with Gasteiger partial charge in [0.25, 0.3) is 0 Å². The van der Waals surface area contributed by atoms with Crippen molar-refractivity contribution >= 4 is 29.3 Å². The lowest BCUT2D eigenvalue weighted by atomic mass is 10.2. The lowest BCUT2D eigenvalue weighted by Crippen LogP contribution is -2.42. The summed E-state index contributed by atoms with van der Waals surface area (Å²) in [5.74, 6) is -1.85. The van der Waals surface area contributed by atoms with Crippen molar-refractivity contribution in [3.05, 3.63) is 29.0 Å². The van der Waals surface area contributed by atoms with Crippen LogP contribution in [0.4, 0.5) is 14.9 Å². The molecule has 0 aliphatic heterocycles. The molecule has 0 radical (unpaired) electrons. The fourth-order valence-electron chi connectivity index (χ4n) is 1.26. The Morgan fingerprint density at radius 2 is 2.17 bits per heavy atom. The van der Waals surface area contributed by atoms with Gasteiger partial charge in [-0.3, -0.25) is 0 Å². The van der Waals surface area contributed by atoms with Crippen molar-refractivity contribution in [2.75, 3.05) is 5.32 Å². The molecule has 7 heteroatoms. The summed E-state index contributed by atoms with van der Waals surface area (Å²) in [5.41, 5.74) is -0.183. The van der Waals surface area contributed by atoms with Gasteiger partial charge < -0.3 is 15.7 Å². The van der Waals surface area contributed by atoms with Crippen molar-refractivity contribution < 1.29 is 19.1 Å². The number of aliphatic carboxylic acids is 1. The third-order valence-corrected chi connectivity index (χ3v) is 2.53. The number of carbonyl (C=O) groups excluding carboxylic acids is 1. The van der Waals surface area contributed by atoms with Gasteiger partial charge in [0, 0.05) is 0 Å². The fraction of sp³-hybridized carbons (Fsp3) is 0.273. The van der Waals surface area contributed by atoms with Gasteiger partial charge in [-0.15, -0.1) is 0 Å². The van der Waals surface area contributed by atoms with Gasteiger partial charge in [0.15, 0.2) is 0 Å². The van der Waals surface area contributed by atoms with Crippen molar-refractivity contribution in [1.29, 1.82) is 0 Å². The number of carboxylic acids is 1. The molecule has 5 nitrogen and oxygen atoms in total. The summed E-state index contributed by atoms with van der Waals surface area (Å²) in [6, 6.07) is 2.09. The Labute approximate surface area is 108 Å². The molecule has 0 bridgehead atoms. The highest BCUT2D eigenvalue weighted by Crippen LogP contribution is 2.24. The molecule has 0 spiro atoms. The highest BCUT2D eigenvalue weighted by atomic mass is 35.5. The number of hydrogen-bond donors (Lipinski definition) is 3. The largest absolute Gasteiger partial charge is 0.480 e. The predicted octanol–water partition coefficient (Wildman–Crippen LogP) is 2.46. The van der Waals surface area contributed by atoms with Gasteiger partial charge >= 0.3 is 12.0 Å². The first-order valence-electron chi connectivity index (χ1n) is 5.20. The van der Waals surface area contributed by atoms with Gasteiger partial charge in [-0.2, -0.15) is 0 Å². The summed E-state index contributed by atoms with van der Waals surface area (Å²) in [5, 5.41) is 13.2. The van der Waals surface area contributed by atoms with Crippen LogP contribution in [0.5, 0.6) is 0 Å². The van der Waals surface area contributed by atoms with Gasteiger partial charge in [-0.05, 0) is 18.6 Å². The zero-order valence-corrected chi connectivity index (χ0v) is 10.3. The van der Waals surface area contributed by atoms with Crippen LogP contribution in [0.15, 0.2) is 18.2 Å². The van der Waals surface area contributed by atoms with Gasteiger partial charge in [0.1, 0.15) is 11.9 Å². The van der Waals surface area contributed by atoms with Crippen LogP contribution < -0.4 is 10.6 Å². The number of carboxylic acid groups (broad SMARTS) is 1. The normalized spacial score (nSPS) is 11.7. The first-order chi connectivity index (χ1) is 8.45. The van der Waals surface area contributed by atoms with Crippen LogP contribution in [-0.2, 0) is 4.79 Å². The molecule has 98 valence electrons. The number of amides is 2. The molecular weight excluding hydrogens is 263 g/mol. The van der Waals surface area contributed by atoms with Crippen molar-refractivity contribution in [2.24, 2.45) is 0 Å². The molecule has 1 aromatic carbocycles. The van der Waals surface area contributed by atoms with Crippen molar-refractivity contribution in [1.82, 2.24) is 5.32 Å². The van der Waals surface area contributed by atoms with Crippen molar-refractivity contribution in [3.63, 3.8) is 0 Å². The van der Waals surface area contributed by atoms with Gasteiger partial charge in [0.05, 0.1) is 10.7 Å². The van der Waals surface area contributed by atoms with Crippen LogP contribution in [0.1, 0.15) is 13.3 Å². The Bertz CT molecular complexity index is 447. The third kappa shape index (κ3) is 3.59. The molecule has 0 aromatic heterocycles. The van der Waals surface area contributed by atoms with Crippen LogP contribution in [0, 0.1) is 5.82 Å². The van der Waals surface area contributed by atoms with Crippen LogP contribution >= 0.6 is 11.6 Å². The number of benzene rings is 1. The molecule has 3 N–H and O–H groups in total. The Kier molecular flexibility index (Phi) is 4.91. The smallest absolute Gasteiger partial charge is 0.326 e. The molecule has 1 rings (SSSR count). The lowest BCUT2D eigenvalue weighted by molar-refractivity contribution is -0.139. The quantitative estimate of drug-likeness (QED) is 0.789. The Balaban J connectivity index is 2.73. The Morgan fingerprint density at radius 1 is 1.50 bits per heavy atom. The van der Waals surface area contributed by atoms with Crippen LogP contribution in [0.3, 0.4) is 0 Å². The first kappa shape index (κ1) is 14.2. The second-order valence-electron chi connectivity index (χ2n) is 3.49. The van der Waals surface area contributed by atoms with E-state index in [4.69, 9.17) is 16.7 Å². The number of halogens is 2. The van der Waals surface area contributed by atoms with E-state index in [9.17, 15) is 14.0 Å². The van der Waals surface area contributed by atoms with E-state index in [0.29, 0.717) is 0 Å². The SMILES string of the molecule is CC[C@H](NC(=O)Nc1c(F)cccc1Cl)C(=O)O. The van der Waals surface area contributed by atoms with E-state index in [0.717, 1.165) is 6.07 Å². The number of carbonyl (C=O) groups is 2. The maximum absolute atomic E-state index is 13.3. The molecular formula is C11H12ClFN2O3. The second kappa shape index (κ2) is 6.20. The van der Waals surface area contributed by atoms with Crippen LogP contribution in [0.25, 0.3) is 0 Å². The minimum atomic E-state index is -1.16. The molecule has 0 saturated heterocycles. The summed E-state index contributed by atoms with van der Waals surface area (Å²) in [7, 11) is 0. The van der Waals surface area contributed by atoms with Crippen LogP contribution in [-0.4, -0.2) is 23.1 Å². The molecule has 0 aliphatic rings. The maximum atomic E-state index is 13.3. The Morgan fingerprint density at radius 3 is 2.67 bits per heavy atom. The number of urea groups is 1. The van der Waals surface area contributed by atoms with E-state index in [1.54, 1.807) is 6.92 Å². The van der Waals surface area contributed by atoms with E-state index in [-0.39, 0.29) is 17.1 Å². The monoisotopic (exact) mass is 274 g/mol. The summed E-state index contributed by atoms with van der Waals surface area (Å²) >= 11 is 5.71. The highest BCUT2D eigenvalue weighted by Gasteiger charge is 2.18. The molecule has 1 atom stereocenters. The minimum Gasteiger partial charge on any atom is -0.480 e. The molecule has 18 heavy (non-hydrogen) atoms. The molecule has 0 unspecified atom stereocenters. The number of para-hydroxylation sites is 1. The standard InChI is InChI=1S/C11H12ClFN2O3/c1-2-8(10(16)17)14-11(18)15-9-6(12)4-3-5-7(9)13/h3-5,8H,2H2,1H3,(H,16,17)(H2,14,15,18)/t8-/m0/s1. The van der Waals surface area contributed by atoms with Crippen LogP contribution in [0.2, 0.25) is 5.02 Å². The summed E-state index contributed by atoms with van der Waals surface area (Å²) in [6.45, 7) is 1.61. The predicted molar refractivity (Wildman–Crippen MR) is 65.3 cm³/mol. The second-order valence-corrected chi connectivity index (χ2v) is 3.90. The lowest BCUT2D eigenvalue weighted by Gasteiger charge is -2.14. The molecule has 0 fully saturated rings. The summed E-state index contributed by atoms with van der Waals surface area (Å²) < 4.78 is 13.3. The number of rotatable bonds is 4. The van der Waals surface area contributed by atoms with E-state index < -0.39 is 23.9 Å². The van der Waals surface area contributed by atoms with Crippen molar-refractivity contribution in [3.8, 4) is 0 Å². The van der Waals surface area contributed by atoms with E-state index in [2.05, 4.69) is 10.6 Å². The zero-order valence-electron chi connectivity index (χ0n) is 9.54. The topological polar surface area (TPSA) is 78.4 Å². The number of nitrogens with one attached hydrogen (secondary N) is 2.